The van der Waals surface area contributed by atoms with Crippen LogP contribution < -0.4 is 0 Å². The average Bonchev–Trinajstić information content (AvgIpc) is 3.42. The molecule has 4 aromatic rings. The summed E-state index contributed by atoms with van der Waals surface area (Å²) in [6.07, 6.45) is 4.04. The van der Waals surface area contributed by atoms with Crippen molar-refractivity contribution in [3.05, 3.63) is 123 Å². The summed E-state index contributed by atoms with van der Waals surface area (Å²) in [7, 11) is 0. The van der Waals surface area contributed by atoms with Gasteiger partial charge in [-0.1, -0.05) is 76.6 Å². The number of fused-ring (bicyclic) bond motifs is 1. The third kappa shape index (κ3) is 4.46. The van der Waals surface area contributed by atoms with E-state index in [9.17, 15) is 9.59 Å². The molecular formula is C28H24BrN3O2. The molecular weight excluding hydrogens is 490 g/mol. The largest absolute Gasteiger partial charge is 0.346 e. The molecule has 0 aliphatic carbocycles. The van der Waals surface area contributed by atoms with Gasteiger partial charge >= 0.3 is 0 Å². The highest BCUT2D eigenvalue weighted by Gasteiger charge is 2.34. The molecule has 1 atom stereocenters. The first-order valence-corrected chi connectivity index (χ1v) is 12.2. The molecule has 1 unspecified atom stereocenters. The predicted octanol–water partition coefficient (Wildman–Crippen LogP) is 5.78. The number of imidazole rings is 1. The van der Waals surface area contributed by atoms with Gasteiger partial charge in [-0.15, -0.1) is 0 Å². The van der Waals surface area contributed by atoms with E-state index < -0.39 is 0 Å². The highest BCUT2D eigenvalue weighted by Crippen LogP contribution is 2.33. The van der Waals surface area contributed by atoms with Gasteiger partial charge in [-0.05, 0) is 35.7 Å². The summed E-state index contributed by atoms with van der Waals surface area (Å²) in [5.41, 5.74) is 4.41. The molecule has 0 radical (unpaired) electrons. The van der Waals surface area contributed by atoms with Crippen molar-refractivity contribution >= 4 is 27.7 Å². The van der Waals surface area contributed by atoms with Crippen LogP contribution in [0.3, 0.4) is 0 Å². The minimum absolute atomic E-state index is 0.223. The van der Waals surface area contributed by atoms with Gasteiger partial charge in [0.2, 0.25) is 0 Å². The van der Waals surface area contributed by atoms with Gasteiger partial charge in [-0.25, -0.2) is 4.98 Å². The number of imide groups is 1. The molecule has 0 bridgehead atoms. The van der Waals surface area contributed by atoms with Gasteiger partial charge in [0.05, 0.1) is 11.1 Å². The summed E-state index contributed by atoms with van der Waals surface area (Å²) in [6.45, 7) is 0.331. The van der Waals surface area contributed by atoms with E-state index in [1.807, 2.05) is 18.3 Å². The molecule has 170 valence electrons. The lowest BCUT2D eigenvalue weighted by molar-refractivity contribution is 0.0656. The normalized spacial score (nSPS) is 13.9. The van der Waals surface area contributed by atoms with Gasteiger partial charge < -0.3 is 4.98 Å². The standard InChI is InChI=1S/C28H24BrN3O2/c29-25-13-7-6-10-22(25)21(19-8-2-1-3-9-19)14-15-26-30-18-20(31-26)16-17-32-27(33)23-11-4-5-12-24(23)28(32)34/h1-13,18,21H,14-17H2,(H,30,31). The van der Waals surface area contributed by atoms with Crippen LogP contribution in [0.2, 0.25) is 0 Å². The van der Waals surface area contributed by atoms with E-state index in [2.05, 4.69) is 68.4 Å². The van der Waals surface area contributed by atoms with Crippen molar-refractivity contribution in [2.24, 2.45) is 0 Å². The smallest absolute Gasteiger partial charge is 0.261 e. The first-order chi connectivity index (χ1) is 16.6. The molecule has 6 heteroatoms. The van der Waals surface area contributed by atoms with E-state index in [1.165, 1.54) is 16.0 Å². The van der Waals surface area contributed by atoms with Gasteiger partial charge in [0.1, 0.15) is 5.82 Å². The van der Waals surface area contributed by atoms with Crippen LogP contribution >= 0.6 is 15.9 Å². The van der Waals surface area contributed by atoms with Gasteiger partial charge in [-0.2, -0.15) is 0 Å². The fourth-order valence-electron chi connectivity index (χ4n) is 4.56. The molecule has 34 heavy (non-hydrogen) atoms. The van der Waals surface area contributed by atoms with Crippen LogP contribution in [0.1, 0.15) is 55.7 Å². The molecule has 2 heterocycles. The topological polar surface area (TPSA) is 66.1 Å². The average molecular weight is 514 g/mol. The van der Waals surface area contributed by atoms with Gasteiger partial charge in [0.15, 0.2) is 0 Å². The first kappa shape index (κ1) is 22.3. The predicted molar refractivity (Wildman–Crippen MR) is 135 cm³/mol. The fourth-order valence-corrected chi connectivity index (χ4v) is 5.12. The van der Waals surface area contributed by atoms with E-state index in [-0.39, 0.29) is 17.7 Å². The maximum atomic E-state index is 12.6. The number of amides is 2. The number of hydrogen-bond donors (Lipinski definition) is 1. The maximum absolute atomic E-state index is 12.6. The number of rotatable bonds is 8. The molecule has 1 N–H and O–H groups in total. The molecule has 0 fully saturated rings. The Bertz CT molecular complexity index is 1300. The summed E-state index contributed by atoms with van der Waals surface area (Å²) in [6, 6.07) is 25.8. The molecule has 3 aromatic carbocycles. The number of aromatic nitrogens is 2. The van der Waals surface area contributed by atoms with Crippen LogP contribution in [-0.4, -0.2) is 33.2 Å². The monoisotopic (exact) mass is 513 g/mol. The quantitative estimate of drug-likeness (QED) is 0.304. The number of halogens is 1. The second-order valence-corrected chi connectivity index (χ2v) is 9.29. The molecule has 1 aliphatic heterocycles. The van der Waals surface area contributed by atoms with Crippen molar-refractivity contribution in [2.45, 2.75) is 25.2 Å². The SMILES string of the molecule is O=C1c2ccccc2C(=O)N1CCc1cnc(CCC(c2ccccc2)c2ccccc2Br)[nH]1. The van der Waals surface area contributed by atoms with Crippen LogP contribution in [0.4, 0.5) is 0 Å². The first-order valence-electron chi connectivity index (χ1n) is 11.4. The van der Waals surface area contributed by atoms with Crippen LogP contribution in [0, 0.1) is 0 Å². The minimum atomic E-state index is -0.223. The minimum Gasteiger partial charge on any atom is -0.346 e. The van der Waals surface area contributed by atoms with E-state index in [1.54, 1.807) is 24.3 Å². The summed E-state index contributed by atoms with van der Waals surface area (Å²) in [5.74, 6) is 0.702. The van der Waals surface area contributed by atoms with Gasteiger partial charge in [0.25, 0.3) is 11.8 Å². The second-order valence-electron chi connectivity index (χ2n) is 8.44. The maximum Gasteiger partial charge on any atom is 0.261 e. The summed E-state index contributed by atoms with van der Waals surface area (Å²) < 4.78 is 1.10. The van der Waals surface area contributed by atoms with Crippen LogP contribution in [0.5, 0.6) is 0 Å². The Morgan fingerprint density at radius 2 is 1.47 bits per heavy atom. The lowest BCUT2D eigenvalue weighted by Crippen LogP contribution is -2.31. The Balaban J connectivity index is 1.25. The van der Waals surface area contributed by atoms with Crippen molar-refractivity contribution in [1.29, 1.82) is 0 Å². The molecule has 5 rings (SSSR count). The summed E-state index contributed by atoms with van der Waals surface area (Å²) >= 11 is 3.71. The molecule has 1 aliphatic rings. The number of aromatic amines is 1. The van der Waals surface area contributed by atoms with E-state index in [0.717, 1.165) is 28.8 Å². The lowest BCUT2D eigenvalue weighted by atomic mass is 9.87. The Morgan fingerprint density at radius 1 is 0.824 bits per heavy atom. The Morgan fingerprint density at radius 3 is 2.18 bits per heavy atom. The number of H-pyrrole nitrogens is 1. The van der Waals surface area contributed by atoms with Crippen LogP contribution in [0.15, 0.2) is 89.5 Å². The Kier molecular flexibility index (Phi) is 6.41. The van der Waals surface area contributed by atoms with E-state index >= 15 is 0 Å². The van der Waals surface area contributed by atoms with Crippen molar-refractivity contribution in [3.8, 4) is 0 Å². The Labute approximate surface area is 207 Å². The van der Waals surface area contributed by atoms with Crippen molar-refractivity contribution in [2.75, 3.05) is 6.54 Å². The zero-order valence-electron chi connectivity index (χ0n) is 18.6. The number of hydrogen-bond acceptors (Lipinski definition) is 3. The fraction of sp³-hybridized carbons (Fsp3) is 0.179. The van der Waals surface area contributed by atoms with E-state index in [4.69, 9.17) is 0 Å². The number of benzene rings is 3. The van der Waals surface area contributed by atoms with E-state index in [0.29, 0.717) is 24.1 Å². The third-order valence-corrected chi connectivity index (χ3v) is 7.04. The lowest BCUT2D eigenvalue weighted by Gasteiger charge is -2.19. The Hall–Kier alpha value is -3.51. The highest BCUT2D eigenvalue weighted by molar-refractivity contribution is 9.10. The third-order valence-electron chi connectivity index (χ3n) is 6.32. The van der Waals surface area contributed by atoms with Gasteiger partial charge in [-0.3, -0.25) is 14.5 Å². The molecule has 0 saturated heterocycles. The second kappa shape index (κ2) is 9.77. The highest BCUT2D eigenvalue weighted by atomic mass is 79.9. The summed E-state index contributed by atoms with van der Waals surface area (Å²) in [5, 5.41) is 0. The number of carbonyl (C=O) groups excluding carboxylic acids is 2. The molecule has 2 amide bonds. The van der Waals surface area contributed by atoms with Crippen molar-refractivity contribution < 1.29 is 9.59 Å². The molecule has 1 aromatic heterocycles. The number of carbonyl (C=O) groups is 2. The number of nitrogens with one attached hydrogen (secondary N) is 1. The van der Waals surface area contributed by atoms with Gasteiger partial charge in [0, 0.05) is 41.7 Å². The molecule has 0 saturated carbocycles. The zero-order valence-corrected chi connectivity index (χ0v) is 20.2. The van der Waals surface area contributed by atoms with Crippen LogP contribution in [-0.2, 0) is 12.8 Å². The molecule has 5 nitrogen and oxygen atoms in total. The molecule has 0 spiro atoms. The van der Waals surface area contributed by atoms with Crippen LogP contribution in [0.25, 0.3) is 0 Å². The zero-order chi connectivity index (χ0) is 23.5. The van der Waals surface area contributed by atoms with Crippen molar-refractivity contribution in [3.63, 3.8) is 0 Å². The number of nitrogens with zero attached hydrogens (tertiary/aromatic N) is 2. The summed E-state index contributed by atoms with van der Waals surface area (Å²) in [4.78, 5) is 34.4. The number of aryl methyl sites for hydroxylation is 1. The van der Waals surface area contributed by atoms with Crippen molar-refractivity contribution in [1.82, 2.24) is 14.9 Å².